The van der Waals surface area contributed by atoms with Crippen molar-refractivity contribution >= 4 is 26.0 Å². The predicted octanol–water partition coefficient (Wildman–Crippen LogP) is 2.34. The van der Waals surface area contributed by atoms with Crippen molar-refractivity contribution in [1.29, 1.82) is 0 Å². The maximum absolute atomic E-state index is 12.7. The lowest BCUT2D eigenvalue weighted by molar-refractivity contribution is 0.196. The van der Waals surface area contributed by atoms with Crippen LogP contribution in [0.1, 0.15) is 26.2 Å². The Morgan fingerprint density at radius 1 is 1.32 bits per heavy atom. The molecule has 19 heavy (non-hydrogen) atoms. The van der Waals surface area contributed by atoms with Crippen molar-refractivity contribution in [3.05, 3.63) is 28.7 Å². The number of nitrogens with two attached hydrogens (primary N) is 1. The maximum atomic E-state index is 12.7. The second-order valence-electron chi connectivity index (χ2n) is 4.96. The Kier molecular flexibility index (Phi) is 4.66. The Hall–Kier alpha value is -0.430. The lowest BCUT2D eigenvalue weighted by atomic mass is 10.00. The number of hydrogen-bond donors (Lipinski definition) is 1. The van der Waals surface area contributed by atoms with Crippen LogP contribution in [0.3, 0.4) is 0 Å². The van der Waals surface area contributed by atoms with Gasteiger partial charge in [-0.3, -0.25) is 0 Å². The molecule has 1 aliphatic rings. The first-order valence-corrected chi connectivity index (χ1v) is 8.69. The number of rotatable bonds is 3. The van der Waals surface area contributed by atoms with Crippen LogP contribution >= 0.6 is 15.9 Å². The van der Waals surface area contributed by atoms with Crippen molar-refractivity contribution in [3.8, 4) is 0 Å². The quantitative estimate of drug-likeness (QED) is 0.913. The van der Waals surface area contributed by atoms with Gasteiger partial charge in [0, 0.05) is 23.1 Å². The molecule has 106 valence electrons. The summed E-state index contributed by atoms with van der Waals surface area (Å²) in [6.07, 6.45) is 2.78. The molecule has 1 aliphatic heterocycles. The molecule has 1 heterocycles. The van der Waals surface area contributed by atoms with Gasteiger partial charge in [0.15, 0.2) is 0 Å². The summed E-state index contributed by atoms with van der Waals surface area (Å²) in [7, 11) is -3.46. The van der Waals surface area contributed by atoms with Crippen LogP contribution in [0.15, 0.2) is 33.6 Å². The smallest absolute Gasteiger partial charge is 0.243 e. The summed E-state index contributed by atoms with van der Waals surface area (Å²) in [5.74, 6) is 0. The van der Waals surface area contributed by atoms with Crippen LogP contribution in [0.2, 0.25) is 0 Å². The fourth-order valence-corrected chi connectivity index (χ4v) is 4.80. The number of sulfonamides is 1. The highest BCUT2D eigenvalue weighted by Crippen LogP contribution is 2.29. The molecular formula is C13H19BrN2O2S. The lowest BCUT2D eigenvalue weighted by Crippen LogP contribution is -2.51. The SMILES string of the molecule is CC1CCCC(CN)N1S(=O)(=O)c1ccc(Br)cc1. The summed E-state index contributed by atoms with van der Waals surface area (Å²) in [6.45, 7) is 2.33. The molecule has 0 bridgehead atoms. The minimum atomic E-state index is -3.46. The van der Waals surface area contributed by atoms with Gasteiger partial charge in [-0.05, 0) is 44.0 Å². The minimum absolute atomic E-state index is 0.0101. The van der Waals surface area contributed by atoms with E-state index in [4.69, 9.17) is 5.73 Å². The highest BCUT2D eigenvalue weighted by molar-refractivity contribution is 9.10. The van der Waals surface area contributed by atoms with E-state index < -0.39 is 10.0 Å². The summed E-state index contributed by atoms with van der Waals surface area (Å²) in [4.78, 5) is 0.336. The molecule has 2 N–H and O–H groups in total. The predicted molar refractivity (Wildman–Crippen MR) is 79.3 cm³/mol. The Balaban J connectivity index is 2.38. The summed E-state index contributed by atoms with van der Waals surface area (Å²) in [5, 5.41) is 0. The molecule has 0 aromatic heterocycles. The topological polar surface area (TPSA) is 63.4 Å². The van der Waals surface area contributed by atoms with Crippen LogP contribution in [-0.2, 0) is 10.0 Å². The highest BCUT2D eigenvalue weighted by Gasteiger charge is 2.36. The van der Waals surface area contributed by atoms with Crippen LogP contribution in [-0.4, -0.2) is 31.4 Å². The third-order valence-electron chi connectivity index (χ3n) is 3.61. The molecule has 1 saturated heterocycles. The van der Waals surface area contributed by atoms with Crippen LogP contribution < -0.4 is 5.73 Å². The fraction of sp³-hybridized carbons (Fsp3) is 0.538. The minimum Gasteiger partial charge on any atom is -0.329 e. The molecule has 2 rings (SSSR count). The molecule has 0 amide bonds. The normalized spacial score (nSPS) is 25.4. The molecule has 0 spiro atoms. The van der Waals surface area contributed by atoms with Crippen molar-refractivity contribution in [2.24, 2.45) is 5.73 Å². The molecular weight excluding hydrogens is 328 g/mol. The molecule has 0 saturated carbocycles. The average Bonchev–Trinajstić information content (AvgIpc) is 2.38. The first-order chi connectivity index (χ1) is 8.96. The second kappa shape index (κ2) is 5.91. The number of hydrogen-bond acceptors (Lipinski definition) is 3. The van der Waals surface area contributed by atoms with Gasteiger partial charge in [0.2, 0.25) is 10.0 Å². The molecule has 1 aromatic rings. The van der Waals surface area contributed by atoms with E-state index in [1.54, 1.807) is 28.6 Å². The van der Waals surface area contributed by atoms with E-state index in [-0.39, 0.29) is 12.1 Å². The highest BCUT2D eigenvalue weighted by atomic mass is 79.9. The zero-order valence-corrected chi connectivity index (χ0v) is 13.3. The summed E-state index contributed by atoms with van der Waals surface area (Å²) < 4.78 is 27.9. The van der Waals surface area contributed by atoms with Gasteiger partial charge in [-0.1, -0.05) is 22.4 Å². The summed E-state index contributed by atoms with van der Waals surface area (Å²) in [6, 6.07) is 6.69. The van der Waals surface area contributed by atoms with Gasteiger partial charge in [-0.2, -0.15) is 4.31 Å². The van der Waals surface area contributed by atoms with Gasteiger partial charge >= 0.3 is 0 Å². The molecule has 6 heteroatoms. The third kappa shape index (κ3) is 3.02. The molecule has 4 nitrogen and oxygen atoms in total. The van der Waals surface area contributed by atoms with Crippen LogP contribution in [0.25, 0.3) is 0 Å². The van der Waals surface area contributed by atoms with Gasteiger partial charge in [0.05, 0.1) is 4.90 Å². The van der Waals surface area contributed by atoms with E-state index >= 15 is 0 Å². The van der Waals surface area contributed by atoms with Gasteiger partial charge < -0.3 is 5.73 Å². The number of piperidine rings is 1. The lowest BCUT2D eigenvalue weighted by Gasteiger charge is -2.38. The van der Waals surface area contributed by atoms with Crippen LogP contribution in [0, 0.1) is 0 Å². The first-order valence-electron chi connectivity index (χ1n) is 6.46. The van der Waals surface area contributed by atoms with Crippen molar-refractivity contribution in [2.75, 3.05) is 6.54 Å². The van der Waals surface area contributed by atoms with Gasteiger partial charge in [-0.15, -0.1) is 0 Å². The average molecular weight is 347 g/mol. The van der Waals surface area contributed by atoms with Crippen molar-refractivity contribution < 1.29 is 8.42 Å². The van der Waals surface area contributed by atoms with E-state index in [1.807, 2.05) is 6.92 Å². The Labute approximate surface area is 123 Å². The number of benzene rings is 1. The second-order valence-corrected chi connectivity index (χ2v) is 7.72. The molecule has 0 radical (unpaired) electrons. The van der Waals surface area contributed by atoms with Crippen molar-refractivity contribution in [1.82, 2.24) is 4.31 Å². The van der Waals surface area contributed by atoms with Gasteiger partial charge in [0.25, 0.3) is 0 Å². The zero-order chi connectivity index (χ0) is 14.0. The van der Waals surface area contributed by atoms with Crippen molar-refractivity contribution in [2.45, 2.75) is 43.2 Å². The fourth-order valence-electron chi connectivity index (χ4n) is 2.65. The molecule has 1 aromatic carbocycles. The summed E-state index contributed by atoms with van der Waals surface area (Å²) >= 11 is 3.32. The Morgan fingerprint density at radius 2 is 1.95 bits per heavy atom. The standard InChI is InChI=1S/C13H19BrN2O2S/c1-10-3-2-4-12(9-15)16(10)19(17,18)13-7-5-11(14)6-8-13/h5-8,10,12H,2-4,9,15H2,1H3. The van der Waals surface area contributed by atoms with Gasteiger partial charge in [0.1, 0.15) is 0 Å². The Morgan fingerprint density at radius 3 is 2.53 bits per heavy atom. The first kappa shape index (κ1) is 15.0. The van der Waals surface area contributed by atoms with E-state index in [0.717, 1.165) is 23.7 Å². The maximum Gasteiger partial charge on any atom is 0.243 e. The molecule has 1 fully saturated rings. The molecule has 2 unspecified atom stereocenters. The third-order valence-corrected chi connectivity index (χ3v) is 6.22. The molecule has 0 aliphatic carbocycles. The molecule has 2 atom stereocenters. The van der Waals surface area contributed by atoms with E-state index in [1.165, 1.54) is 0 Å². The zero-order valence-electron chi connectivity index (χ0n) is 10.9. The van der Waals surface area contributed by atoms with Gasteiger partial charge in [-0.25, -0.2) is 8.42 Å². The van der Waals surface area contributed by atoms with Crippen molar-refractivity contribution in [3.63, 3.8) is 0 Å². The van der Waals surface area contributed by atoms with E-state index in [9.17, 15) is 8.42 Å². The Bertz CT molecular complexity index is 530. The van der Waals surface area contributed by atoms with Crippen LogP contribution in [0.4, 0.5) is 0 Å². The summed E-state index contributed by atoms with van der Waals surface area (Å²) in [5.41, 5.74) is 5.74. The monoisotopic (exact) mass is 346 g/mol. The largest absolute Gasteiger partial charge is 0.329 e. The van der Waals surface area contributed by atoms with E-state index in [2.05, 4.69) is 15.9 Å². The van der Waals surface area contributed by atoms with E-state index in [0.29, 0.717) is 11.4 Å². The number of halogens is 1. The van der Waals surface area contributed by atoms with Crippen LogP contribution in [0.5, 0.6) is 0 Å². The number of nitrogens with zero attached hydrogens (tertiary/aromatic N) is 1.